The van der Waals surface area contributed by atoms with Gasteiger partial charge >= 0.3 is 0 Å². The fourth-order valence-electron chi connectivity index (χ4n) is 1.90. The smallest absolute Gasteiger partial charge is 0.0297 e. The van der Waals surface area contributed by atoms with Crippen LogP contribution in [0.1, 0.15) is 6.42 Å². The maximum absolute atomic E-state index is 5.72. The highest BCUT2D eigenvalue weighted by Crippen LogP contribution is 2.06. The average molecular weight is 200 g/mol. The molecule has 3 N–H and O–H groups in total. The lowest BCUT2D eigenvalue weighted by molar-refractivity contribution is 0.141. The molecule has 0 amide bonds. The molecule has 0 bridgehead atoms. The SMILES string of the molecule is CNC(CCN1CC(N)C1)CN(C)C. The van der Waals surface area contributed by atoms with E-state index >= 15 is 0 Å². The molecule has 1 unspecified atom stereocenters. The zero-order chi connectivity index (χ0) is 10.6. The van der Waals surface area contributed by atoms with Gasteiger partial charge in [0.25, 0.3) is 0 Å². The van der Waals surface area contributed by atoms with Crippen LogP contribution in [0.5, 0.6) is 0 Å². The van der Waals surface area contributed by atoms with Crippen molar-refractivity contribution in [2.75, 3.05) is 47.3 Å². The van der Waals surface area contributed by atoms with Crippen molar-refractivity contribution in [3.63, 3.8) is 0 Å². The van der Waals surface area contributed by atoms with Gasteiger partial charge in [0.15, 0.2) is 0 Å². The number of likely N-dealkylation sites (N-methyl/N-ethyl adjacent to an activating group) is 2. The van der Waals surface area contributed by atoms with Gasteiger partial charge in [-0.3, -0.25) is 0 Å². The summed E-state index contributed by atoms with van der Waals surface area (Å²) in [5, 5.41) is 3.35. The van der Waals surface area contributed by atoms with Crippen molar-refractivity contribution < 1.29 is 0 Å². The molecule has 1 aliphatic heterocycles. The van der Waals surface area contributed by atoms with Gasteiger partial charge in [-0.25, -0.2) is 0 Å². The van der Waals surface area contributed by atoms with Crippen molar-refractivity contribution in [1.82, 2.24) is 15.1 Å². The molecule has 0 saturated carbocycles. The van der Waals surface area contributed by atoms with E-state index in [4.69, 9.17) is 5.73 Å². The summed E-state index contributed by atoms with van der Waals surface area (Å²) in [6.07, 6.45) is 1.21. The van der Waals surface area contributed by atoms with Crippen molar-refractivity contribution in [3.8, 4) is 0 Å². The number of hydrogen-bond donors (Lipinski definition) is 2. The Morgan fingerprint density at radius 3 is 2.57 bits per heavy atom. The average Bonchev–Trinajstić information content (AvgIpc) is 2.07. The Morgan fingerprint density at radius 2 is 2.14 bits per heavy atom. The second-order valence-corrected chi connectivity index (χ2v) is 4.56. The van der Waals surface area contributed by atoms with Crippen LogP contribution in [0, 0.1) is 0 Å². The van der Waals surface area contributed by atoms with Crippen LogP contribution in [0.4, 0.5) is 0 Å². The largest absolute Gasteiger partial charge is 0.325 e. The van der Waals surface area contributed by atoms with Crippen LogP contribution < -0.4 is 11.1 Å². The highest BCUT2D eigenvalue weighted by molar-refractivity contribution is 4.83. The highest BCUT2D eigenvalue weighted by Gasteiger charge is 2.22. The second kappa shape index (κ2) is 5.66. The zero-order valence-corrected chi connectivity index (χ0v) is 9.66. The van der Waals surface area contributed by atoms with Crippen molar-refractivity contribution >= 4 is 0 Å². The van der Waals surface area contributed by atoms with Gasteiger partial charge in [0.1, 0.15) is 0 Å². The molecule has 0 aromatic carbocycles. The summed E-state index contributed by atoms with van der Waals surface area (Å²) in [6, 6.07) is 1.03. The van der Waals surface area contributed by atoms with Crippen LogP contribution in [-0.2, 0) is 0 Å². The third kappa shape index (κ3) is 3.92. The summed E-state index contributed by atoms with van der Waals surface area (Å²) in [5.41, 5.74) is 5.72. The molecule has 0 spiro atoms. The molecule has 1 saturated heterocycles. The van der Waals surface area contributed by atoms with Crippen LogP contribution in [0.2, 0.25) is 0 Å². The molecule has 0 radical (unpaired) electrons. The minimum atomic E-state index is 0.428. The topological polar surface area (TPSA) is 44.5 Å². The number of hydrogen-bond acceptors (Lipinski definition) is 4. The molecule has 1 rings (SSSR count). The van der Waals surface area contributed by atoms with Crippen LogP contribution in [0.15, 0.2) is 0 Å². The van der Waals surface area contributed by atoms with Gasteiger partial charge < -0.3 is 20.9 Å². The Balaban J connectivity index is 2.08. The van der Waals surface area contributed by atoms with E-state index in [1.807, 2.05) is 7.05 Å². The highest BCUT2D eigenvalue weighted by atomic mass is 15.2. The number of nitrogens with one attached hydrogen (secondary N) is 1. The van der Waals surface area contributed by atoms with E-state index in [1.54, 1.807) is 0 Å². The third-order valence-corrected chi connectivity index (χ3v) is 2.77. The molecule has 1 atom stereocenters. The Labute approximate surface area is 87.4 Å². The standard InChI is InChI=1S/C10H24N4/c1-12-10(8-13(2)3)4-5-14-6-9(11)7-14/h9-10,12H,4-8,11H2,1-3H3. The Kier molecular flexibility index (Phi) is 4.81. The molecule has 84 valence electrons. The van der Waals surface area contributed by atoms with Crippen molar-refractivity contribution in [2.45, 2.75) is 18.5 Å². The molecule has 0 aromatic heterocycles. The van der Waals surface area contributed by atoms with Gasteiger partial charge in [0, 0.05) is 31.7 Å². The summed E-state index contributed by atoms with van der Waals surface area (Å²) in [6.45, 7) is 4.44. The number of likely N-dealkylation sites (tertiary alicyclic amines) is 1. The van der Waals surface area contributed by atoms with Gasteiger partial charge in [-0.05, 0) is 34.1 Å². The van der Waals surface area contributed by atoms with Crippen molar-refractivity contribution in [1.29, 1.82) is 0 Å². The first-order valence-electron chi connectivity index (χ1n) is 5.41. The van der Waals surface area contributed by atoms with Crippen LogP contribution >= 0.6 is 0 Å². The minimum Gasteiger partial charge on any atom is -0.325 e. The lowest BCUT2D eigenvalue weighted by Crippen LogP contribution is -2.56. The normalized spacial score (nSPS) is 21.2. The van der Waals surface area contributed by atoms with Gasteiger partial charge in [-0.2, -0.15) is 0 Å². The summed E-state index contributed by atoms with van der Waals surface area (Å²) in [5.74, 6) is 0. The summed E-state index contributed by atoms with van der Waals surface area (Å²) in [4.78, 5) is 4.65. The zero-order valence-electron chi connectivity index (χ0n) is 9.66. The van der Waals surface area contributed by atoms with E-state index in [9.17, 15) is 0 Å². The fraction of sp³-hybridized carbons (Fsp3) is 1.00. The van der Waals surface area contributed by atoms with E-state index in [1.165, 1.54) is 13.0 Å². The van der Waals surface area contributed by atoms with Gasteiger partial charge in [0.2, 0.25) is 0 Å². The van der Waals surface area contributed by atoms with Crippen LogP contribution in [0.25, 0.3) is 0 Å². The third-order valence-electron chi connectivity index (χ3n) is 2.77. The number of nitrogens with zero attached hydrogens (tertiary/aromatic N) is 2. The first-order valence-corrected chi connectivity index (χ1v) is 5.41. The quantitative estimate of drug-likeness (QED) is 0.587. The summed E-state index contributed by atoms with van der Waals surface area (Å²) >= 11 is 0. The molecule has 1 aliphatic rings. The lowest BCUT2D eigenvalue weighted by Gasteiger charge is -2.37. The molecule has 4 nitrogen and oxygen atoms in total. The molecular formula is C10H24N4. The van der Waals surface area contributed by atoms with Crippen molar-refractivity contribution in [2.24, 2.45) is 5.73 Å². The molecular weight excluding hydrogens is 176 g/mol. The monoisotopic (exact) mass is 200 g/mol. The summed E-state index contributed by atoms with van der Waals surface area (Å²) < 4.78 is 0. The van der Waals surface area contributed by atoms with E-state index in [0.717, 1.165) is 19.6 Å². The maximum atomic E-state index is 5.72. The first kappa shape index (κ1) is 11.9. The van der Waals surface area contributed by atoms with E-state index in [-0.39, 0.29) is 0 Å². The molecule has 0 aliphatic carbocycles. The molecule has 1 fully saturated rings. The predicted molar refractivity (Wildman–Crippen MR) is 60.4 cm³/mol. The number of nitrogens with two attached hydrogens (primary N) is 1. The maximum Gasteiger partial charge on any atom is 0.0297 e. The Bertz CT molecular complexity index is 154. The first-order chi connectivity index (χ1) is 6.61. The predicted octanol–water partition coefficient (Wildman–Crippen LogP) is -0.831. The van der Waals surface area contributed by atoms with E-state index in [0.29, 0.717) is 12.1 Å². The second-order valence-electron chi connectivity index (χ2n) is 4.56. The van der Waals surface area contributed by atoms with Gasteiger partial charge in [-0.15, -0.1) is 0 Å². The Morgan fingerprint density at radius 1 is 1.50 bits per heavy atom. The Hall–Kier alpha value is -0.160. The van der Waals surface area contributed by atoms with E-state index < -0.39 is 0 Å². The van der Waals surface area contributed by atoms with E-state index in [2.05, 4.69) is 29.2 Å². The summed E-state index contributed by atoms with van der Waals surface area (Å²) in [7, 11) is 6.27. The van der Waals surface area contributed by atoms with Crippen molar-refractivity contribution in [3.05, 3.63) is 0 Å². The molecule has 14 heavy (non-hydrogen) atoms. The molecule has 1 heterocycles. The number of rotatable bonds is 6. The molecule has 0 aromatic rings. The van der Waals surface area contributed by atoms with Gasteiger partial charge in [0.05, 0.1) is 0 Å². The lowest BCUT2D eigenvalue weighted by atomic mass is 10.1. The van der Waals surface area contributed by atoms with Crippen LogP contribution in [-0.4, -0.2) is 69.2 Å². The fourth-order valence-corrected chi connectivity index (χ4v) is 1.90. The molecule has 4 heteroatoms. The van der Waals surface area contributed by atoms with Gasteiger partial charge in [-0.1, -0.05) is 0 Å². The minimum absolute atomic E-state index is 0.428. The van der Waals surface area contributed by atoms with Crippen LogP contribution in [0.3, 0.4) is 0 Å².